The zero-order valence-electron chi connectivity index (χ0n) is 8.50. The SMILES string of the molecule is CC\C=C/C=C\C(C)=C\C(=O)NC. The molecule has 0 spiro atoms. The van der Waals surface area contributed by atoms with Crippen LogP contribution in [0.4, 0.5) is 0 Å². The molecule has 0 saturated heterocycles. The summed E-state index contributed by atoms with van der Waals surface area (Å²) >= 11 is 0. The number of rotatable bonds is 4. The molecular weight excluding hydrogens is 162 g/mol. The van der Waals surface area contributed by atoms with E-state index in [9.17, 15) is 4.79 Å². The molecule has 0 bridgehead atoms. The van der Waals surface area contributed by atoms with Crippen molar-refractivity contribution in [2.24, 2.45) is 0 Å². The summed E-state index contributed by atoms with van der Waals surface area (Å²) in [6, 6.07) is 0. The van der Waals surface area contributed by atoms with Gasteiger partial charge in [-0.3, -0.25) is 4.79 Å². The Bertz CT molecular complexity index is 236. The Balaban J connectivity index is 4.05. The molecule has 0 fully saturated rings. The van der Waals surface area contributed by atoms with Gasteiger partial charge in [0, 0.05) is 13.1 Å². The number of hydrogen-bond donors (Lipinski definition) is 1. The van der Waals surface area contributed by atoms with Crippen LogP contribution in [0.25, 0.3) is 0 Å². The molecular formula is C11H17NO. The van der Waals surface area contributed by atoms with Crippen molar-refractivity contribution in [3.05, 3.63) is 36.0 Å². The van der Waals surface area contributed by atoms with Gasteiger partial charge in [0.2, 0.25) is 5.91 Å². The minimum Gasteiger partial charge on any atom is -0.356 e. The van der Waals surface area contributed by atoms with Gasteiger partial charge in [0.05, 0.1) is 0 Å². The van der Waals surface area contributed by atoms with Gasteiger partial charge in [-0.2, -0.15) is 0 Å². The summed E-state index contributed by atoms with van der Waals surface area (Å²) in [6.07, 6.45) is 10.5. The van der Waals surface area contributed by atoms with Crippen LogP contribution < -0.4 is 5.32 Å². The molecule has 2 nitrogen and oxygen atoms in total. The maximum Gasteiger partial charge on any atom is 0.243 e. The number of amides is 1. The average molecular weight is 179 g/mol. The molecule has 0 aliphatic rings. The lowest BCUT2D eigenvalue weighted by molar-refractivity contribution is -0.116. The third-order valence-electron chi connectivity index (χ3n) is 1.45. The van der Waals surface area contributed by atoms with Crippen molar-refractivity contribution in [2.45, 2.75) is 20.3 Å². The Morgan fingerprint density at radius 1 is 1.38 bits per heavy atom. The summed E-state index contributed by atoms with van der Waals surface area (Å²) in [6.45, 7) is 3.98. The molecule has 0 aromatic carbocycles. The van der Waals surface area contributed by atoms with Gasteiger partial charge in [0.25, 0.3) is 0 Å². The molecule has 0 atom stereocenters. The van der Waals surface area contributed by atoms with Gasteiger partial charge in [0.1, 0.15) is 0 Å². The summed E-state index contributed by atoms with van der Waals surface area (Å²) in [5, 5.41) is 2.53. The minimum atomic E-state index is -0.0679. The summed E-state index contributed by atoms with van der Waals surface area (Å²) in [4.78, 5) is 10.9. The number of carbonyl (C=O) groups is 1. The van der Waals surface area contributed by atoms with Crippen LogP contribution in [0.3, 0.4) is 0 Å². The van der Waals surface area contributed by atoms with Crippen molar-refractivity contribution >= 4 is 5.91 Å². The fourth-order valence-corrected chi connectivity index (χ4v) is 0.749. The number of hydrogen-bond acceptors (Lipinski definition) is 1. The van der Waals surface area contributed by atoms with Crippen LogP contribution in [-0.4, -0.2) is 13.0 Å². The van der Waals surface area contributed by atoms with Crippen molar-refractivity contribution in [3.63, 3.8) is 0 Å². The van der Waals surface area contributed by atoms with Gasteiger partial charge in [-0.05, 0) is 18.9 Å². The Kier molecular flexibility index (Phi) is 6.60. The molecule has 0 aromatic heterocycles. The van der Waals surface area contributed by atoms with Crippen molar-refractivity contribution in [1.29, 1.82) is 0 Å². The van der Waals surface area contributed by atoms with Crippen molar-refractivity contribution in [2.75, 3.05) is 7.05 Å². The third kappa shape index (κ3) is 7.06. The van der Waals surface area contributed by atoms with Crippen LogP contribution in [0.15, 0.2) is 36.0 Å². The fourth-order valence-electron chi connectivity index (χ4n) is 0.749. The molecule has 1 amide bonds. The standard InChI is InChI=1S/C11H17NO/c1-4-5-6-7-8-10(2)9-11(13)12-3/h5-9H,4H2,1-3H3,(H,12,13)/b6-5-,8-7-,10-9+. The molecule has 0 heterocycles. The van der Waals surface area contributed by atoms with E-state index in [1.54, 1.807) is 13.1 Å². The number of nitrogens with one attached hydrogen (secondary N) is 1. The van der Waals surface area contributed by atoms with Crippen molar-refractivity contribution in [1.82, 2.24) is 5.32 Å². The molecule has 2 heteroatoms. The van der Waals surface area contributed by atoms with E-state index in [1.807, 2.05) is 25.2 Å². The van der Waals surface area contributed by atoms with Crippen LogP contribution in [0.5, 0.6) is 0 Å². The normalized spacial score (nSPS) is 12.7. The summed E-state index contributed by atoms with van der Waals surface area (Å²) in [5.74, 6) is -0.0679. The predicted molar refractivity (Wildman–Crippen MR) is 56.4 cm³/mol. The van der Waals surface area contributed by atoms with Crippen LogP contribution in [-0.2, 0) is 4.79 Å². The van der Waals surface area contributed by atoms with E-state index in [0.717, 1.165) is 12.0 Å². The Labute approximate surface area is 80.0 Å². The topological polar surface area (TPSA) is 29.1 Å². The van der Waals surface area contributed by atoms with E-state index in [4.69, 9.17) is 0 Å². The first-order chi connectivity index (χ1) is 6.20. The zero-order chi connectivity index (χ0) is 10.1. The maximum absolute atomic E-state index is 10.9. The van der Waals surface area contributed by atoms with E-state index in [-0.39, 0.29) is 5.91 Å². The fraction of sp³-hybridized carbons (Fsp3) is 0.364. The lowest BCUT2D eigenvalue weighted by atomic mass is 10.2. The van der Waals surface area contributed by atoms with E-state index in [0.29, 0.717) is 0 Å². The summed E-state index contributed by atoms with van der Waals surface area (Å²) in [7, 11) is 1.62. The molecule has 0 rings (SSSR count). The zero-order valence-corrected chi connectivity index (χ0v) is 8.50. The highest BCUT2D eigenvalue weighted by Gasteiger charge is 1.89. The van der Waals surface area contributed by atoms with Gasteiger partial charge in [-0.25, -0.2) is 0 Å². The van der Waals surface area contributed by atoms with Crippen LogP contribution >= 0.6 is 0 Å². The number of likely N-dealkylation sites (N-methyl/N-ethyl adjacent to an activating group) is 1. The summed E-state index contributed by atoms with van der Waals surface area (Å²) in [5.41, 5.74) is 0.945. The van der Waals surface area contributed by atoms with Crippen LogP contribution in [0.2, 0.25) is 0 Å². The monoisotopic (exact) mass is 179 g/mol. The average Bonchev–Trinajstić information content (AvgIpc) is 2.12. The highest BCUT2D eigenvalue weighted by Crippen LogP contribution is 1.94. The van der Waals surface area contributed by atoms with Gasteiger partial charge >= 0.3 is 0 Å². The molecule has 0 radical (unpaired) electrons. The molecule has 13 heavy (non-hydrogen) atoms. The smallest absolute Gasteiger partial charge is 0.243 e. The van der Waals surface area contributed by atoms with Gasteiger partial charge in [-0.1, -0.05) is 31.2 Å². The molecule has 72 valence electrons. The second-order valence-corrected chi connectivity index (χ2v) is 2.70. The van der Waals surface area contributed by atoms with Crippen LogP contribution in [0.1, 0.15) is 20.3 Å². The first-order valence-corrected chi connectivity index (χ1v) is 4.44. The molecule has 0 aromatic rings. The Hall–Kier alpha value is -1.31. The van der Waals surface area contributed by atoms with Gasteiger partial charge < -0.3 is 5.32 Å². The predicted octanol–water partition coefficient (Wildman–Crippen LogP) is 2.20. The largest absolute Gasteiger partial charge is 0.356 e. The molecule has 0 aliphatic carbocycles. The highest BCUT2D eigenvalue weighted by atomic mass is 16.1. The molecule has 0 unspecified atom stereocenters. The first-order valence-electron chi connectivity index (χ1n) is 4.44. The molecule has 0 aliphatic heterocycles. The van der Waals surface area contributed by atoms with E-state index >= 15 is 0 Å². The summed E-state index contributed by atoms with van der Waals surface area (Å²) < 4.78 is 0. The van der Waals surface area contributed by atoms with E-state index in [1.165, 1.54) is 0 Å². The van der Waals surface area contributed by atoms with E-state index in [2.05, 4.69) is 18.3 Å². The second-order valence-electron chi connectivity index (χ2n) is 2.70. The van der Waals surface area contributed by atoms with Crippen LogP contribution in [0, 0.1) is 0 Å². The quantitative estimate of drug-likeness (QED) is 0.520. The first kappa shape index (κ1) is 11.7. The van der Waals surface area contributed by atoms with Crippen molar-refractivity contribution in [3.8, 4) is 0 Å². The lowest BCUT2D eigenvalue weighted by Gasteiger charge is -1.91. The lowest BCUT2D eigenvalue weighted by Crippen LogP contribution is -2.14. The maximum atomic E-state index is 10.9. The number of carbonyl (C=O) groups excluding carboxylic acids is 1. The Morgan fingerprint density at radius 3 is 2.62 bits per heavy atom. The molecule has 1 N–H and O–H groups in total. The third-order valence-corrected chi connectivity index (χ3v) is 1.45. The highest BCUT2D eigenvalue weighted by molar-refractivity contribution is 5.88. The minimum absolute atomic E-state index is 0.0679. The van der Waals surface area contributed by atoms with Gasteiger partial charge in [-0.15, -0.1) is 0 Å². The van der Waals surface area contributed by atoms with Gasteiger partial charge in [0.15, 0.2) is 0 Å². The number of allylic oxidation sites excluding steroid dienone is 5. The van der Waals surface area contributed by atoms with E-state index < -0.39 is 0 Å². The Morgan fingerprint density at radius 2 is 2.08 bits per heavy atom. The second kappa shape index (κ2) is 7.35. The molecule has 0 saturated carbocycles. The van der Waals surface area contributed by atoms with Crippen molar-refractivity contribution < 1.29 is 4.79 Å².